The summed E-state index contributed by atoms with van der Waals surface area (Å²) in [4.78, 5) is 17.5. The Hall–Kier alpha value is -2.21. The minimum Gasteiger partial charge on any atom is -0.355 e. The lowest BCUT2D eigenvalue weighted by Crippen LogP contribution is -2.34. The number of aromatic nitrogens is 2. The van der Waals surface area contributed by atoms with Gasteiger partial charge in [0.05, 0.1) is 0 Å². The molecule has 3 heterocycles. The van der Waals surface area contributed by atoms with Crippen molar-refractivity contribution in [3.05, 3.63) is 30.0 Å². The first-order chi connectivity index (χ1) is 13.6. The van der Waals surface area contributed by atoms with Crippen molar-refractivity contribution in [2.45, 2.75) is 45.1 Å². The van der Waals surface area contributed by atoms with E-state index >= 15 is 0 Å². The molecular formula is C22H31N5O. The number of fused-ring (bicyclic) bond motifs is 1. The van der Waals surface area contributed by atoms with E-state index in [2.05, 4.69) is 45.4 Å². The summed E-state index contributed by atoms with van der Waals surface area (Å²) in [6, 6.07) is 8.60. The first kappa shape index (κ1) is 19.1. The third kappa shape index (κ3) is 3.97. The van der Waals surface area contributed by atoms with E-state index in [1.165, 1.54) is 25.7 Å². The molecule has 2 saturated heterocycles. The Bertz CT molecular complexity index is 831. The zero-order valence-corrected chi connectivity index (χ0v) is 17.0. The predicted molar refractivity (Wildman–Crippen MR) is 113 cm³/mol. The number of nitrogens with one attached hydrogen (secondary N) is 1. The number of amides is 1. The topological polar surface area (TPSA) is 61.4 Å². The van der Waals surface area contributed by atoms with Gasteiger partial charge in [0.15, 0.2) is 11.5 Å². The molecule has 0 spiro atoms. The van der Waals surface area contributed by atoms with Crippen molar-refractivity contribution in [1.82, 2.24) is 20.4 Å². The van der Waals surface area contributed by atoms with Crippen molar-refractivity contribution in [2.75, 3.05) is 38.1 Å². The molecule has 4 rings (SSSR count). The predicted octanol–water partition coefficient (Wildman–Crippen LogP) is 3.08. The zero-order valence-electron chi connectivity index (χ0n) is 17.0. The van der Waals surface area contributed by atoms with Crippen LogP contribution in [-0.4, -0.2) is 60.3 Å². The fourth-order valence-corrected chi connectivity index (χ4v) is 4.49. The highest BCUT2D eigenvalue weighted by atomic mass is 16.1. The van der Waals surface area contributed by atoms with Crippen molar-refractivity contribution in [2.24, 2.45) is 5.92 Å². The van der Waals surface area contributed by atoms with Gasteiger partial charge in [0.1, 0.15) is 0 Å². The number of hydrogen-bond acceptors (Lipinski definition) is 5. The Morgan fingerprint density at radius 3 is 2.57 bits per heavy atom. The molecule has 150 valence electrons. The van der Waals surface area contributed by atoms with Crippen molar-refractivity contribution < 1.29 is 4.79 Å². The number of nitrogens with zero attached hydrogens (tertiary/aromatic N) is 4. The average molecular weight is 382 g/mol. The maximum absolute atomic E-state index is 12.8. The molecule has 1 atom stereocenters. The van der Waals surface area contributed by atoms with Crippen LogP contribution in [-0.2, 0) is 0 Å². The molecule has 2 aliphatic heterocycles. The van der Waals surface area contributed by atoms with Gasteiger partial charge in [-0.15, -0.1) is 10.2 Å². The van der Waals surface area contributed by atoms with Gasteiger partial charge in [-0.3, -0.25) is 4.79 Å². The second kappa shape index (κ2) is 8.43. The molecule has 6 nitrogen and oxygen atoms in total. The number of benzene rings is 1. The van der Waals surface area contributed by atoms with Crippen molar-refractivity contribution in [3.8, 4) is 0 Å². The molecule has 2 fully saturated rings. The Morgan fingerprint density at radius 2 is 1.86 bits per heavy atom. The first-order valence-electron chi connectivity index (χ1n) is 10.6. The van der Waals surface area contributed by atoms with Crippen LogP contribution in [0.5, 0.6) is 0 Å². The lowest BCUT2D eigenvalue weighted by atomic mass is 9.99. The van der Waals surface area contributed by atoms with Crippen LogP contribution in [0.15, 0.2) is 24.3 Å². The van der Waals surface area contributed by atoms with Gasteiger partial charge >= 0.3 is 0 Å². The van der Waals surface area contributed by atoms with E-state index in [0.29, 0.717) is 18.3 Å². The lowest BCUT2D eigenvalue weighted by Gasteiger charge is -2.31. The van der Waals surface area contributed by atoms with Crippen LogP contribution in [0.2, 0.25) is 0 Å². The number of anilines is 1. The van der Waals surface area contributed by atoms with Gasteiger partial charge in [0, 0.05) is 36.4 Å². The van der Waals surface area contributed by atoms with Crippen LogP contribution in [0.4, 0.5) is 5.82 Å². The lowest BCUT2D eigenvalue weighted by molar-refractivity contribution is 0.0946. The van der Waals surface area contributed by atoms with Gasteiger partial charge in [-0.05, 0) is 51.6 Å². The number of carbonyl (C=O) groups excluding carboxylic acids is 1. The van der Waals surface area contributed by atoms with Crippen LogP contribution in [0.1, 0.15) is 49.5 Å². The smallest absolute Gasteiger partial charge is 0.272 e. The van der Waals surface area contributed by atoms with E-state index in [0.717, 1.165) is 48.6 Å². The van der Waals surface area contributed by atoms with E-state index in [1.54, 1.807) is 0 Å². The van der Waals surface area contributed by atoms with Gasteiger partial charge in [-0.1, -0.05) is 31.2 Å². The summed E-state index contributed by atoms with van der Waals surface area (Å²) in [7, 11) is 2.17. The van der Waals surface area contributed by atoms with Gasteiger partial charge in [-0.2, -0.15) is 0 Å². The van der Waals surface area contributed by atoms with E-state index in [4.69, 9.17) is 0 Å². The minimum absolute atomic E-state index is 0.122. The highest BCUT2D eigenvalue weighted by Crippen LogP contribution is 2.29. The van der Waals surface area contributed by atoms with Crippen LogP contribution < -0.4 is 10.2 Å². The molecule has 1 N–H and O–H groups in total. The third-order valence-corrected chi connectivity index (χ3v) is 6.40. The van der Waals surface area contributed by atoms with Gasteiger partial charge in [0.2, 0.25) is 0 Å². The summed E-state index contributed by atoms with van der Waals surface area (Å²) in [5.41, 5.74) is 0.435. The fourth-order valence-electron chi connectivity index (χ4n) is 4.49. The van der Waals surface area contributed by atoms with Crippen molar-refractivity contribution in [1.29, 1.82) is 0 Å². The largest absolute Gasteiger partial charge is 0.355 e. The van der Waals surface area contributed by atoms with Gasteiger partial charge in [0.25, 0.3) is 5.91 Å². The van der Waals surface area contributed by atoms with Gasteiger partial charge in [-0.25, -0.2) is 0 Å². The molecule has 1 amide bonds. The van der Waals surface area contributed by atoms with Crippen LogP contribution in [0.3, 0.4) is 0 Å². The fraction of sp³-hybridized carbons (Fsp3) is 0.591. The molecule has 1 aromatic carbocycles. The molecular weight excluding hydrogens is 350 g/mol. The Morgan fingerprint density at radius 1 is 1.11 bits per heavy atom. The monoisotopic (exact) mass is 381 g/mol. The Kier molecular flexibility index (Phi) is 5.76. The second-order valence-electron chi connectivity index (χ2n) is 8.41. The highest BCUT2D eigenvalue weighted by Gasteiger charge is 2.23. The zero-order chi connectivity index (χ0) is 19.5. The van der Waals surface area contributed by atoms with Gasteiger partial charge < -0.3 is 15.1 Å². The standard InChI is InChI=1S/C22H31N5O/c1-16-10-14-27(15-11-16)21-19-8-4-3-7-18(19)20(24-25-21)22(28)23-12-9-17-6-5-13-26(17)2/h3-4,7-8,16-17H,5-6,9-15H2,1-2H3,(H,23,28). The molecule has 2 aliphatic rings. The molecule has 2 aromatic rings. The van der Waals surface area contributed by atoms with E-state index in [9.17, 15) is 4.79 Å². The molecule has 1 unspecified atom stereocenters. The molecule has 0 radical (unpaired) electrons. The van der Waals surface area contributed by atoms with Crippen molar-refractivity contribution in [3.63, 3.8) is 0 Å². The molecule has 28 heavy (non-hydrogen) atoms. The summed E-state index contributed by atoms with van der Waals surface area (Å²) in [5, 5.41) is 13.8. The number of hydrogen-bond donors (Lipinski definition) is 1. The molecule has 1 aromatic heterocycles. The molecule has 6 heteroatoms. The van der Waals surface area contributed by atoms with Crippen LogP contribution in [0, 0.1) is 5.92 Å². The van der Waals surface area contributed by atoms with Crippen LogP contribution >= 0.6 is 0 Å². The van der Waals surface area contributed by atoms with Crippen molar-refractivity contribution >= 4 is 22.5 Å². The molecule has 0 saturated carbocycles. The Balaban J connectivity index is 1.50. The number of carbonyl (C=O) groups is 1. The Labute approximate surface area is 167 Å². The maximum Gasteiger partial charge on any atom is 0.272 e. The molecule has 0 aliphatic carbocycles. The normalized spacial score (nSPS) is 21.4. The van der Waals surface area contributed by atoms with E-state index in [1.807, 2.05) is 18.2 Å². The maximum atomic E-state index is 12.8. The first-order valence-corrected chi connectivity index (χ1v) is 10.6. The second-order valence-corrected chi connectivity index (χ2v) is 8.41. The summed E-state index contributed by atoms with van der Waals surface area (Å²) in [6.07, 6.45) is 5.81. The van der Waals surface area contributed by atoms with E-state index < -0.39 is 0 Å². The SMILES string of the molecule is CC1CCN(c2nnc(C(=O)NCCC3CCCN3C)c3ccccc23)CC1. The third-order valence-electron chi connectivity index (χ3n) is 6.40. The number of rotatable bonds is 5. The summed E-state index contributed by atoms with van der Waals surface area (Å²) < 4.78 is 0. The minimum atomic E-state index is -0.122. The quantitative estimate of drug-likeness (QED) is 0.862. The average Bonchev–Trinajstić information content (AvgIpc) is 3.12. The highest BCUT2D eigenvalue weighted by molar-refractivity contribution is 6.07. The summed E-state index contributed by atoms with van der Waals surface area (Å²) in [6.45, 7) is 6.14. The summed E-state index contributed by atoms with van der Waals surface area (Å²) >= 11 is 0. The number of piperidine rings is 1. The van der Waals surface area contributed by atoms with Crippen LogP contribution in [0.25, 0.3) is 10.8 Å². The number of likely N-dealkylation sites (tertiary alicyclic amines) is 1. The van der Waals surface area contributed by atoms with E-state index in [-0.39, 0.29) is 5.91 Å². The molecule has 0 bridgehead atoms. The summed E-state index contributed by atoms with van der Waals surface area (Å²) in [5.74, 6) is 1.55.